The quantitative estimate of drug-likeness (QED) is 0.135. The molecule has 0 heterocycles. The maximum Gasteiger partial charge on any atom is 0.326 e. The number of nitrogens with one attached hydrogen (secondary N) is 3. The van der Waals surface area contributed by atoms with Gasteiger partial charge in [0.05, 0.1) is 18.9 Å². The van der Waals surface area contributed by atoms with Gasteiger partial charge in [-0.1, -0.05) is 30.3 Å². The van der Waals surface area contributed by atoms with Gasteiger partial charge in [0.2, 0.25) is 17.7 Å². The molecule has 0 aliphatic rings. The SMILES string of the molecule is CSCCC(NC(=O)C(CC(=O)O)NC(=O)C(Cc1ccccc1)NC(=O)C(N)CC(=O)O)C(=O)O. The number of hydrogen-bond acceptors (Lipinski definition) is 8. The molecule has 13 nitrogen and oxygen atoms in total. The first-order chi connectivity index (χ1) is 16.9. The van der Waals surface area contributed by atoms with E-state index in [0.717, 1.165) is 0 Å². The third kappa shape index (κ3) is 11.2. The van der Waals surface area contributed by atoms with E-state index in [0.29, 0.717) is 11.3 Å². The smallest absolute Gasteiger partial charge is 0.326 e. The van der Waals surface area contributed by atoms with Gasteiger partial charge in [0.25, 0.3) is 0 Å². The van der Waals surface area contributed by atoms with E-state index in [-0.39, 0.29) is 12.8 Å². The lowest BCUT2D eigenvalue weighted by molar-refractivity contribution is -0.143. The van der Waals surface area contributed by atoms with Crippen molar-refractivity contribution in [2.45, 2.75) is 49.9 Å². The van der Waals surface area contributed by atoms with E-state index in [9.17, 15) is 39.0 Å². The van der Waals surface area contributed by atoms with Crippen LogP contribution < -0.4 is 21.7 Å². The Morgan fingerprint density at radius 1 is 0.806 bits per heavy atom. The van der Waals surface area contributed by atoms with Crippen LogP contribution in [0.15, 0.2) is 30.3 Å². The van der Waals surface area contributed by atoms with Crippen LogP contribution in [0, 0.1) is 0 Å². The van der Waals surface area contributed by atoms with Crippen LogP contribution in [0.3, 0.4) is 0 Å². The number of carbonyl (C=O) groups excluding carboxylic acids is 3. The van der Waals surface area contributed by atoms with Gasteiger partial charge in [0, 0.05) is 6.42 Å². The summed E-state index contributed by atoms with van der Waals surface area (Å²) in [4.78, 5) is 71.8. The summed E-state index contributed by atoms with van der Waals surface area (Å²) in [5, 5.41) is 34.2. The standard InChI is InChI=1S/C22H30N4O9S/c1-36-8-7-14(22(34)35)24-21(33)16(11-18(29)30)26-20(32)15(9-12-5-3-2-4-6-12)25-19(31)13(23)10-17(27)28/h2-6,13-16H,7-11,23H2,1H3,(H,24,33)(H,25,31)(H,26,32)(H,27,28)(H,29,30)(H,34,35). The topological polar surface area (TPSA) is 225 Å². The predicted octanol–water partition coefficient (Wildman–Crippen LogP) is -1.20. The zero-order valence-electron chi connectivity index (χ0n) is 19.5. The Morgan fingerprint density at radius 2 is 1.33 bits per heavy atom. The van der Waals surface area contributed by atoms with E-state index in [2.05, 4.69) is 16.0 Å². The van der Waals surface area contributed by atoms with Gasteiger partial charge >= 0.3 is 17.9 Å². The molecule has 14 heteroatoms. The van der Waals surface area contributed by atoms with E-state index in [1.807, 2.05) is 0 Å². The molecule has 3 amide bonds. The van der Waals surface area contributed by atoms with Crippen LogP contribution in [0.1, 0.15) is 24.8 Å². The molecule has 0 fully saturated rings. The van der Waals surface area contributed by atoms with Gasteiger partial charge < -0.3 is 37.0 Å². The number of benzene rings is 1. The van der Waals surface area contributed by atoms with Gasteiger partial charge in [0.15, 0.2) is 0 Å². The molecular formula is C22H30N4O9S. The molecule has 0 saturated heterocycles. The summed E-state index contributed by atoms with van der Waals surface area (Å²) >= 11 is 1.35. The molecule has 8 N–H and O–H groups in total. The third-order valence-corrected chi connectivity index (χ3v) is 5.53. The van der Waals surface area contributed by atoms with Crippen LogP contribution in [-0.2, 0) is 35.2 Å². The lowest BCUT2D eigenvalue weighted by Gasteiger charge is -2.24. The minimum absolute atomic E-state index is 0.0735. The van der Waals surface area contributed by atoms with Crippen LogP contribution in [0.2, 0.25) is 0 Å². The lowest BCUT2D eigenvalue weighted by atomic mass is 10.0. The number of aliphatic carboxylic acids is 3. The highest BCUT2D eigenvalue weighted by Gasteiger charge is 2.32. The largest absolute Gasteiger partial charge is 0.481 e. The summed E-state index contributed by atoms with van der Waals surface area (Å²) in [7, 11) is 0. The van der Waals surface area contributed by atoms with Crippen molar-refractivity contribution in [3.8, 4) is 0 Å². The molecule has 0 radical (unpaired) electrons. The average molecular weight is 527 g/mol. The molecular weight excluding hydrogens is 496 g/mol. The average Bonchev–Trinajstić information content (AvgIpc) is 2.80. The second-order valence-corrected chi connectivity index (χ2v) is 8.78. The highest BCUT2D eigenvalue weighted by molar-refractivity contribution is 7.98. The molecule has 0 saturated carbocycles. The first-order valence-electron chi connectivity index (χ1n) is 10.8. The van der Waals surface area contributed by atoms with Crippen molar-refractivity contribution in [2.75, 3.05) is 12.0 Å². The van der Waals surface area contributed by atoms with Crippen LogP contribution in [0.5, 0.6) is 0 Å². The monoisotopic (exact) mass is 526 g/mol. The molecule has 0 bridgehead atoms. The first-order valence-corrected chi connectivity index (χ1v) is 12.2. The van der Waals surface area contributed by atoms with Crippen molar-refractivity contribution in [2.24, 2.45) is 5.73 Å². The Kier molecular flexibility index (Phi) is 13.0. The Morgan fingerprint density at radius 3 is 1.86 bits per heavy atom. The maximum atomic E-state index is 13.0. The highest BCUT2D eigenvalue weighted by Crippen LogP contribution is 2.07. The van der Waals surface area contributed by atoms with Crippen molar-refractivity contribution >= 4 is 47.4 Å². The van der Waals surface area contributed by atoms with E-state index < -0.39 is 72.6 Å². The van der Waals surface area contributed by atoms with Gasteiger partial charge in [-0.25, -0.2) is 4.79 Å². The Labute approximate surface area is 211 Å². The second kappa shape index (κ2) is 15.4. The predicted molar refractivity (Wildman–Crippen MR) is 129 cm³/mol. The number of nitrogens with two attached hydrogens (primary N) is 1. The molecule has 0 aromatic heterocycles. The lowest BCUT2D eigenvalue weighted by Crippen LogP contribution is -2.58. The van der Waals surface area contributed by atoms with Crippen molar-refractivity contribution in [3.05, 3.63) is 35.9 Å². The number of rotatable bonds is 16. The van der Waals surface area contributed by atoms with Crippen LogP contribution in [0.25, 0.3) is 0 Å². The van der Waals surface area contributed by atoms with E-state index in [4.69, 9.17) is 10.8 Å². The van der Waals surface area contributed by atoms with Gasteiger partial charge in [0.1, 0.15) is 18.1 Å². The number of carbonyl (C=O) groups is 6. The van der Waals surface area contributed by atoms with E-state index in [1.165, 1.54) is 11.8 Å². The van der Waals surface area contributed by atoms with Crippen LogP contribution in [0.4, 0.5) is 0 Å². The van der Waals surface area contributed by atoms with Crippen molar-refractivity contribution in [1.82, 2.24) is 16.0 Å². The zero-order valence-corrected chi connectivity index (χ0v) is 20.3. The fourth-order valence-electron chi connectivity index (χ4n) is 3.04. The maximum absolute atomic E-state index is 13.0. The number of hydrogen-bond donors (Lipinski definition) is 7. The fourth-order valence-corrected chi connectivity index (χ4v) is 3.51. The minimum Gasteiger partial charge on any atom is -0.481 e. The number of amides is 3. The Bertz CT molecular complexity index is 945. The van der Waals surface area contributed by atoms with Crippen LogP contribution in [-0.4, -0.2) is 87.1 Å². The fraction of sp³-hybridized carbons (Fsp3) is 0.455. The van der Waals surface area contributed by atoms with Crippen LogP contribution >= 0.6 is 11.8 Å². The summed E-state index contributed by atoms with van der Waals surface area (Å²) in [5.74, 6) is -6.56. The first kappa shape index (κ1) is 30.4. The molecule has 1 rings (SSSR count). The van der Waals surface area contributed by atoms with Gasteiger partial charge in [-0.2, -0.15) is 11.8 Å². The molecule has 0 spiro atoms. The summed E-state index contributed by atoms with van der Waals surface area (Å²) in [5.41, 5.74) is 6.18. The molecule has 0 aliphatic heterocycles. The normalized spacial score (nSPS) is 13.9. The van der Waals surface area contributed by atoms with Gasteiger partial charge in [-0.15, -0.1) is 0 Å². The number of thioether (sulfide) groups is 1. The Balaban J connectivity index is 3.09. The van der Waals surface area contributed by atoms with E-state index >= 15 is 0 Å². The van der Waals surface area contributed by atoms with Crippen molar-refractivity contribution in [3.63, 3.8) is 0 Å². The second-order valence-electron chi connectivity index (χ2n) is 7.80. The molecule has 1 aromatic rings. The molecule has 198 valence electrons. The molecule has 36 heavy (non-hydrogen) atoms. The van der Waals surface area contributed by atoms with E-state index in [1.54, 1.807) is 36.6 Å². The number of carboxylic acid groups (broad SMARTS) is 3. The zero-order chi connectivity index (χ0) is 27.3. The molecule has 4 unspecified atom stereocenters. The highest BCUT2D eigenvalue weighted by atomic mass is 32.2. The Hall–Kier alpha value is -3.65. The van der Waals surface area contributed by atoms with Gasteiger partial charge in [-0.05, 0) is 24.0 Å². The van der Waals surface area contributed by atoms with Crippen molar-refractivity contribution in [1.29, 1.82) is 0 Å². The summed E-state index contributed by atoms with van der Waals surface area (Å²) in [6, 6.07) is 2.68. The molecule has 4 atom stereocenters. The van der Waals surface area contributed by atoms with Gasteiger partial charge in [-0.3, -0.25) is 24.0 Å². The minimum atomic E-state index is -1.64. The summed E-state index contributed by atoms with van der Waals surface area (Å²) in [6.45, 7) is 0. The summed E-state index contributed by atoms with van der Waals surface area (Å²) < 4.78 is 0. The summed E-state index contributed by atoms with van der Waals surface area (Å²) in [6.07, 6.45) is 0.200. The third-order valence-electron chi connectivity index (χ3n) is 4.88. The van der Waals surface area contributed by atoms with Crippen molar-refractivity contribution < 1.29 is 44.1 Å². The number of carboxylic acids is 3. The molecule has 1 aromatic carbocycles. The molecule has 0 aliphatic carbocycles.